The van der Waals surface area contributed by atoms with Crippen molar-refractivity contribution in [1.82, 2.24) is 4.90 Å². The number of carbonyl (C=O) groups excluding carboxylic acids is 2. The van der Waals surface area contributed by atoms with Gasteiger partial charge in [0.15, 0.2) is 6.61 Å². The molecule has 1 aromatic rings. The highest BCUT2D eigenvalue weighted by atomic mass is 16.5. The van der Waals surface area contributed by atoms with Gasteiger partial charge in [-0.05, 0) is 30.5 Å². The molecule has 2 N–H and O–H groups in total. The minimum absolute atomic E-state index is 0.0332. The van der Waals surface area contributed by atoms with Crippen LogP contribution in [-0.4, -0.2) is 50.0 Å². The zero-order chi connectivity index (χ0) is 17.7. The number of benzene rings is 1. The first kappa shape index (κ1) is 18.3. The topological polar surface area (TPSA) is 75.9 Å². The number of carbonyl (C=O) groups is 2. The molecular formula is C18H27N3O3. The van der Waals surface area contributed by atoms with Crippen LogP contribution in [0, 0.1) is 5.41 Å². The van der Waals surface area contributed by atoms with E-state index in [2.05, 4.69) is 0 Å². The van der Waals surface area contributed by atoms with Gasteiger partial charge in [-0.1, -0.05) is 19.9 Å². The summed E-state index contributed by atoms with van der Waals surface area (Å²) in [5, 5.41) is 0. The van der Waals surface area contributed by atoms with Crippen molar-refractivity contribution in [3.63, 3.8) is 0 Å². The smallest absolute Gasteiger partial charge is 0.260 e. The van der Waals surface area contributed by atoms with Crippen LogP contribution in [0.5, 0.6) is 5.75 Å². The van der Waals surface area contributed by atoms with E-state index in [0.29, 0.717) is 25.3 Å². The molecule has 1 aliphatic rings. The van der Waals surface area contributed by atoms with Gasteiger partial charge in [-0.25, -0.2) is 0 Å². The van der Waals surface area contributed by atoms with Gasteiger partial charge in [0.2, 0.25) is 5.91 Å². The van der Waals surface area contributed by atoms with E-state index in [4.69, 9.17) is 10.5 Å². The lowest BCUT2D eigenvalue weighted by Gasteiger charge is -2.29. The Morgan fingerprint density at radius 1 is 1.42 bits per heavy atom. The first-order valence-electron chi connectivity index (χ1n) is 8.30. The van der Waals surface area contributed by atoms with Gasteiger partial charge < -0.3 is 20.3 Å². The van der Waals surface area contributed by atoms with Crippen LogP contribution in [0.3, 0.4) is 0 Å². The maximum atomic E-state index is 12.2. The number of rotatable bonds is 7. The molecule has 0 spiro atoms. The number of ether oxygens (including phenoxy) is 1. The molecule has 6 heteroatoms. The van der Waals surface area contributed by atoms with E-state index in [0.717, 1.165) is 18.7 Å². The summed E-state index contributed by atoms with van der Waals surface area (Å²) in [5.74, 6) is 0.623. The minimum Gasteiger partial charge on any atom is -0.484 e. The van der Waals surface area contributed by atoms with Gasteiger partial charge in [0.25, 0.3) is 5.91 Å². The molecule has 0 radical (unpaired) electrons. The molecule has 1 heterocycles. The van der Waals surface area contributed by atoms with Crippen LogP contribution in [0.4, 0.5) is 5.69 Å². The SMILES string of the molecule is CN(CC(C)(C)CN)C(=O)COc1cccc(N2CCCC2=O)c1. The highest BCUT2D eigenvalue weighted by Crippen LogP contribution is 2.25. The first-order valence-corrected chi connectivity index (χ1v) is 8.30. The van der Waals surface area contributed by atoms with Crippen LogP contribution in [0.2, 0.25) is 0 Å². The second-order valence-electron chi connectivity index (χ2n) is 7.05. The van der Waals surface area contributed by atoms with Crippen LogP contribution in [0.1, 0.15) is 26.7 Å². The molecule has 2 rings (SSSR count). The predicted molar refractivity (Wildman–Crippen MR) is 94.0 cm³/mol. The standard InChI is InChI=1S/C18H27N3O3/c1-18(2,12-19)13-20(3)17(23)11-24-15-7-4-6-14(10-15)21-9-5-8-16(21)22/h4,6-7,10H,5,8-9,11-13,19H2,1-3H3. The number of nitrogens with two attached hydrogens (primary N) is 1. The summed E-state index contributed by atoms with van der Waals surface area (Å²) in [6, 6.07) is 7.32. The van der Waals surface area contributed by atoms with Crippen LogP contribution >= 0.6 is 0 Å². The van der Waals surface area contributed by atoms with Crippen molar-refractivity contribution >= 4 is 17.5 Å². The van der Waals surface area contributed by atoms with Crippen molar-refractivity contribution in [2.45, 2.75) is 26.7 Å². The summed E-state index contributed by atoms with van der Waals surface area (Å²) in [7, 11) is 1.75. The molecule has 0 saturated carbocycles. The molecule has 1 aliphatic heterocycles. The zero-order valence-corrected chi connectivity index (χ0v) is 14.7. The summed E-state index contributed by atoms with van der Waals surface area (Å²) in [6.45, 7) is 5.83. The number of hydrogen-bond donors (Lipinski definition) is 1. The number of amides is 2. The third-order valence-corrected chi connectivity index (χ3v) is 4.21. The fraction of sp³-hybridized carbons (Fsp3) is 0.556. The zero-order valence-electron chi connectivity index (χ0n) is 14.7. The number of nitrogens with zero attached hydrogens (tertiary/aromatic N) is 2. The fourth-order valence-corrected chi connectivity index (χ4v) is 2.71. The minimum atomic E-state index is -0.125. The first-order chi connectivity index (χ1) is 11.3. The van der Waals surface area contributed by atoms with E-state index in [-0.39, 0.29) is 23.8 Å². The van der Waals surface area contributed by atoms with Crippen LogP contribution in [0.25, 0.3) is 0 Å². The summed E-state index contributed by atoms with van der Waals surface area (Å²) < 4.78 is 5.61. The molecule has 1 fully saturated rings. The normalized spacial score (nSPS) is 14.8. The van der Waals surface area contributed by atoms with Crippen LogP contribution < -0.4 is 15.4 Å². The van der Waals surface area contributed by atoms with E-state index >= 15 is 0 Å². The van der Waals surface area contributed by atoms with Crippen LogP contribution in [0.15, 0.2) is 24.3 Å². The summed E-state index contributed by atoms with van der Waals surface area (Å²) in [4.78, 5) is 27.4. The third-order valence-electron chi connectivity index (χ3n) is 4.21. The molecule has 132 valence electrons. The Hall–Kier alpha value is -2.08. The van der Waals surface area contributed by atoms with Crippen molar-refractivity contribution in [2.24, 2.45) is 11.1 Å². The Morgan fingerprint density at radius 3 is 2.79 bits per heavy atom. The Labute approximate surface area is 143 Å². The number of anilines is 1. The van der Waals surface area contributed by atoms with E-state index in [1.807, 2.05) is 26.0 Å². The van der Waals surface area contributed by atoms with E-state index in [9.17, 15) is 9.59 Å². The lowest BCUT2D eigenvalue weighted by atomic mass is 9.93. The molecule has 0 unspecified atom stereocenters. The van der Waals surface area contributed by atoms with Gasteiger partial charge >= 0.3 is 0 Å². The maximum Gasteiger partial charge on any atom is 0.260 e. The number of likely N-dealkylation sites (N-methyl/N-ethyl adjacent to an activating group) is 1. The highest BCUT2D eigenvalue weighted by molar-refractivity contribution is 5.95. The van der Waals surface area contributed by atoms with Crippen molar-refractivity contribution in [3.05, 3.63) is 24.3 Å². The van der Waals surface area contributed by atoms with E-state index in [1.54, 1.807) is 29.0 Å². The molecule has 0 aromatic heterocycles. The van der Waals surface area contributed by atoms with E-state index < -0.39 is 0 Å². The summed E-state index contributed by atoms with van der Waals surface area (Å²) >= 11 is 0. The van der Waals surface area contributed by atoms with Gasteiger partial charge in [0.1, 0.15) is 5.75 Å². The summed E-state index contributed by atoms with van der Waals surface area (Å²) in [5.41, 5.74) is 6.40. The molecule has 0 atom stereocenters. The quantitative estimate of drug-likeness (QED) is 0.823. The molecule has 24 heavy (non-hydrogen) atoms. The second-order valence-corrected chi connectivity index (χ2v) is 7.05. The molecule has 0 aliphatic carbocycles. The van der Waals surface area contributed by atoms with Gasteiger partial charge in [0.05, 0.1) is 0 Å². The van der Waals surface area contributed by atoms with Gasteiger partial charge in [-0.15, -0.1) is 0 Å². The Bertz CT molecular complexity index is 601. The average molecular weight is 333 g/mol. The Balaban J connectivity index is 1.92. The lowest BCUT2D eigenvalue weighted by Crippen LogP contribution is -2.41. The maximum absolute atomic E-state index is 12.2. The molecular weight excluding hydrogens is 306 g/mol. The Morgan fingerprint density at radius 2 is 2.17 bits per heavy atom. The fourth-order valence-electron chi connectivity index (χ4n) is 2.71. The van der Waals surface area contributed by atoms with Crippen molar-refractivity contribution < 1.29 is 14.3 Å². The highest BCUT2D eigenvalue weighted by Gasteiger charge is 2.23. The van der Waals surface area contributed by atoms with Gasteiger partial charge in [-0.2, -0.15) is 0 Å². The molecule has 6 nitrogen and oxygen atoms in total. The van der Waals surface area contributed by atoms with Crippen molar-refractivity contribution in [2.75, 3.05) is 38.2 Å². The van der Waals surface area contributed by atoms with E-state index in [1.165, 1.54) is 0 Å². The predicted octanol–water partition coefficient (Wildman–Crippen LogP) is 1.64. The Kier molecular flexibility index (Phi) is 5.83. The molecule has 2 amide bonds. The average Bonchev–Trinajstić information content (AvgIpc) is 2.98. The third kappa shape index (κ3) is 4.71. The van der Waals surface area contributed by atoms with Gasteiger partial charge in [-0.3, -0.25) is 9.59 Å². The summed E-state index contributed by atoms with van der Waals surface area (Å²) in [6.07, 6.45) is 1.47. The van der Waals surface area contributed by atoms with Gasteiger partial charge in [0, 0.05) is 38.3 Å². The lowest BCUT2D eigenvalue weighted by molar-refractivity contribution is -0.133. The van der Waals surface area contributed by atoms with Crippen molar-refractivity contribution in [3.8, 4) is 5.75 Å². The number of hydrogen-bond acceptors (Lipinski definition) is 4. The van der Waals surface area contributed by atoms with Crippen LogP contribution in [-0.2, 0) is 9.59 Å². The second kappa shape index (κ2) is 7.66. The largest absolute Gasteiger partial charge is 0.484 e. The molecule has 0 bridgehead atoms. The monoisotopic (exact) mass is 333 g/mol. The van der Waals surface area contributed by atoms with Crippen molar-refractivity contribution in [1.29, 1.82) is 0 Å². The molecule has 1 aromatic carbocycles. The molecule has 1 saturated heterocycles.